The number of aryl methyl sites for hydroxylation is 1. The van der Waals surface area contributed by atoms with Gasteiger partial charge in [-0.05, 0) is 30.4 Å². The number of rotatable bonds is 1. The average molecular weight is 172 g/mol. The first kappa shape index (κ1) is 8.55. The molecule has 1 aromatic rings. The van der Waals surface area contributed by atoms with E-state index in [0.29, 0.717) is 0 Å². The zero-order valence-electron chi connectivity index (χ0n) is 8.22. The van der Waals surface area contributed by atoms with Gasteiger partial charge in [-0.25, -0.2) is 0 Å². The first-order valence-electron chi connectivity index (χ1n) is 4.98. The van der Waals surface area contributed by atoms with Gasteiger partial charge in [0.1, 0.15) is 0 Å². The highest BCUT2D eigenvalue weighted by Gasteiger charge is 2.28. The van der Waals surface area contributed by atoms with Crippen molar-refractivity contribution in [2.24, 2.45) is 0 Å². The van der Waals surface area contributed by atoms with Crippen molar-refractivity contribution < 1.29 is 0 Å². The summed E-state index contributed by atoms with van der Waals surface area (Å²) in [5.74, 6) is 0. The van der Waals surface area contributed by atoms with E-state index in [9.17, 15) is 0 Å². The molecule has 1 aliphatic rings. The Morgan fingerprint density at radius 3 is 2.92 bits per heavy atom. The summed E-state index contributed by atoms with van der Waals surface area (Å²) in [7, 11) is 0. The van der Waals surface area contributed by atoms with Crippen LogP contribution in [-0.4, -0.2) is 0 Å². The summed E-state index contributed by atoms with van der Waals surface area (Å²) >= 11 is 0. The third-order valence-electron chi connectivity index (χ3n) is 3.23. The molecule has 0 heterocycles. The van der Waals surface area contributed by atoms with E-state index < -0.39 is 0 Å². The first-order chi connectivity index (χ1) is 6.26. The molecule has 1 aromatic carbocycles. The quantitative estimate of drug-likeness (QED) is 0.569. The van der Waals surface area contributed by atoms with Gasteiger partial charge in [0, 0.05) is 5.41 Å². The maximum Gasteiger partial charge on any atom is 0.0104 e. The number of hydrogen-bond donors (Lipinski definition) is 0. The molecule has 1 aliphatic carbocycles. The van der Waals surface area contributed by atoms with Gasteiger partial charge in [0.25, 0.3) is 0 Å². The smallest absolute Gasteiger partial charge is 0.0104 e. The fourth-order valence-electron chi connectivity index (χ4n) is 2.29. The molecule has 0 heteroatoms. The second kappa shape index (κ2) is 3.02. The molecule has 0 nitrogen and oxygen atoms in total. The fraction of sp³-hybridized carbons (Fsp3) is 0.385. The zero-order valence-corrected chi connectivity index (χ0v) is 8.22. The zero-order chi connectivity index (χ0) is 9.31. The molecule has 68 valence electrons. The van der Waals surface area contributed by atoms with Crippen molar-refractivity contribution in [1.29, 1.82) is 0 Å². The van der Waals surface area contributed by atoms with E-state index in [0.717, 1.165) is 0 Å². The van der Waals surface area contributed by atoms with Crippen molar-refractivity contribution in [1.82, 2.24) is 0 Å². The van der Waals surface area contributed by atoms with Crippen molar-refractivity contribution in [2.45, 2.75) is 31.6 Å². The highest BCUT2D eigenvalue weighted by molar-refractivity contribution is 5.39. The lowest BCUT2D eigenvalue weighted by atomic mass is 9.71. The molecule has 0 saturated carbocycles. The Labute approximate surface area is 80.3 Å². The fourth-order valence-corrected chi connectivity index (χ4v) is 2.29. The van der Waals surface area contributed by atoms with Crippen molar-refractivity contribution in [2.75, 3.05) is 0 Å². The van der Waals surface area contributed by atoms with E-state index in [1.165, 1.54) is 30.4 Å². The van der Waals surface area contributed by atoms with Crippen LogP contribution in [0, 0.1) is 0 Å². The van der Waals surface area contributed by atoms with Gasteiger partial charge in [-0.2, -0.15) is 0 Å². The molecular weight excluding hydrogens is 156 g/mol. The monoisotopic (exact) mass is 172 g/mol. The maximum atomic E-state index is 3.95. The Hall–Kier alpha value is -1.04. The molecule has 1 atom stereocenters. The molecule has 1 unspecified atom stereocenters. The summed E-state index contributed by atoms with van der Waals surface area (Å²) in [6.07, 6.45) is 5.87. The Morgan fingerprint density at radius 2 is 2.15 bits per heavy atom. The highest BCUT2D eigenvalue weighted by atomic mass is 14.3. The Morgan fingerprint density at radius 1 is 1.38 bits per heavy atom. The van der Waals surface area contributed by atoms with E-state index in [1.807, 2.05) is 0 Å². The van der Waals surface area contributed by atoms with Crippen LogP contribution >= 0.6 is 0 Å². The van der Waals surface area contributed by atoms with Gasteiger partial charge in [0.2, 0.25) is 0 Å². The van der Waals surface area contributed by atoms with Crippen LogP contribution in [0.4, 0.5) is 0 Å². The minimum atomic E-state index is 0.217. The summed E-state index contributed by atoms with van der Waals surface area (Å²) in [6.45, 7) is 6.24. The van der Waals surface area contributed by atoms with Crippen LogP contribution in [0.5, 0.6) is 0 Å². The average Bonchev–Trinajstić information content (AvgIpc) is 2.19. The molecule has 0 aliphatic heterocycles. The largest absolute Gasteiger partial charge is 0.102 e. The second-order valence-electron chi connectivity index (χ2n) is 4.13. The molecule has 0 spiro atoms. The van der Waals surface area contributed by atoms with Gasteiger partial charge in [0.05, 0.1) is 0 Å². The molecule has 0 aromatic heterocycles. The lowest BCUT2D eigenvalue weighted by Crippen LogP contribution is -2.24. The molecule has 0 fully saturated rings. The van der Waals surface area contributed by atoms with Crippen molar-refractivity contribution in [3.8, 4) is 0 Å². The molecule has 13 heavy (non-hydrogen) atoms. The number of hydrogen-bond acceptors (Lipinski definition) is 0. The topological polar surface area (TPSA) is 0 Å². The summed E-state index contributed by atoms with van der Waals surface area (Å²) in [6, 6.07) is 8.76. The molecule has 0 N–H and O–H groups in total. The summed E-state index contributed by atoms with van der Waals surface area (Å²) in [4.78, 5) is 0. The number of benzene rings is 1. The lowest BCUT2D eigenvalue weighted by molar-refractivity contribution is 0.482. The molecule has 2 rings (SSSR count). The van der Waals surface area contributed by atoms with Crippen molar-refractivity contribution in [3.63, 3.8) is 0 Å². The highest BCUT2D eigenvalue weighted by Crippen LogP contribution is 2.37. The Kier molecular flexibility index (Phi) is 1.99. The van der Waals surface area contributed by atoms with E-state index in [1.54, 1.807) is 0 Å². The summed E-state index contributed by atoms with van der Waals surface area (Å²) < 4.78 is 0. The van der Waals surface area contributed by atoms with Crippen LogP contribution < -0.4 is 0 Å². The van der Waals surface area contributed by atoms with Crippen molar-refractivity contribution >= 4 is 0 Å². The van der Waals surface area contributed by atoms with Gasteiger partial charge in [-0.15, -0.1) is 6.58 Å². The Bertz CT molecular complexity index is 325. The van der Waals surface area contributed by atoms with Gasteiger partial charge in [-0.1, -0.05) is 37.3 Å². The normalized spacial score (nSPS) is 26.5. The van der Waals surface area contributed by atoms with Crippen LogP contribution in [0.3, 0.4) is 0 Å². The lowest BCUT2D eigenvalue weighted by Gasteiger charge is -2.33. The predicted molar refractivity (Wildman–Crippen MR) is 56.9 cm³/mol. The van der Waals surface area contributed by atoms with E-state index in [4.69, 9.17) is 0 Å². The van der Waals surface area contributed by atoms with E-state index >= 15 is 0 Å². The maximum absolute atomic E-state index is 3.95. The standard InChI is InChI=1S/C13H16/c1-3-13(2)10-6-8-11-7-4-5-9-12(11)13/h3-5,7,9H,1,6,8,10H2,2H3. The van der Waals surface area contributed by atoms with Crippen LogP contribution in [0.2, 0.25) is 0 Å². The predicted octanol–water partition coefficient (Wildman–Crippen LogP) is 3.47. The van der Waals surface area contributed by atoms with Crippen LogP contribution in [0.15, 0.2) is 36.9 Å². The first-order valence-corrected chi connectivity index (χ1v) is 4.98. The van der Waals surface area contributed by atoms with Crippen LogP contribution in [0.25, 0.3) is 0 Å². The summed E-state index contributed by atoms with van der Waals surface area (Å²) in [5.41, 5.74) is 3.21. The number of allylic oxidation sites excluding steroid dienone is 1. The summed E-state index contributed by atoms with van der Waals surface area (Å²) in [5, 5.41) is 0. The van der Waals surface area contributed by atoms with Crippen LogP contribution in [-0.2, 0) is 11.8 Å². The van der Waals surface area contributed by atoms with Crippen LogP contribution in [0.1, 0.15) is 30.9 Å². The molecule has 0 bridgehead atoms. The van der Waals surface area contributed by atoms with E-state index in [2.05, 4.69) is 43.8 Å². The number of fused-ring (bicyclic) bond motifs is 1. The second-order valence-corrected chi connectivity index (χ2v) is 4.13. The third-order valence-corrected chi connectivity index (χ3v) is 3.23. The molecular formula is C13H16. The minimum Gasteiger partial charge on any atom is -0.102 e. The molecule has 0 saturated heterocycles. The Balaban J connectivity index is 2.54. The molecule has 0 radical (unpaired) electrons. The minimum absolute atomic E-state index is 0.217. The van der Waals surface area contributed by atoms with Gasteiger partial charge < -0.3 is 0 Å². The third kappa shape index (κ3) is 1.31. The SMILES string of the molecule is C=CC1(C)CCCc2ccccc21. The molecule has 0 amide bonds. The van der Waals surface area contributed by atoms with Gasteiger partial charge >= 0.3 is 0 Å². The van der Waals surface area contributed by atoms with Gasteiger partial charge in [-0.3, -0.25) is 0 Å². The van der Waals surface area contributed by atoms with Gasteiger partial charge in [0.15, 0.2) is 0 Å². The van der Waals surface area contributed by atoms with E-state index in [-0.39, 0.29) is 5.41 Å². The van der Waals surface area contributed by atoms with Crippen molar-refractivity contribution in [3.05, 3.63) is 48.0 Å².